The Kier molecular flexibility index (Phi) is 12.1. The first-order valence-electron chi connectivity index (χ1n) is 1.46. The van der Waals surface area contributed by atoms with Crippen LogP contribution in [0.1, 0.15) is 0 Å². The van der Waals surface area contributed by atoms with Gasteiger partial charge in [0.15, 0.2) is 0 Å². The molecule has 0 N–H and O–H groups in total. The molecule has 4 heteroatoms. The molecule has 0 aliphatic heterocycles. The van der Waals surface area contributed by atoms with Crippen LogP contribution in [0.25, 0.3) is 0 Å². The third-order valence-electron chi connectivity index (χ3n) is 0.262. The van der Waals surface area contributed by atoms with Crippen LogP contribution in [0.15, 0.2) is 0 Å². The molecule has 0 saturated heterocycles. The van der Waals surface area contributed by atoms with Crippen molar-refractivity contribution in [2.45, 2.75) is 0 Å². The van der Waals surface area contributed by atoms with Gasteiger partial charge in [-0.1, -0.05) is 0 Å². The fourth-order valence-corrected chi connectivity index (χ4v) is 0.118. The molecule has 0 aromatic carbocycles. The van der Waals surface area contributed by atoms with E-state index in [1.165, 1.54) is 7.11 Å². The van der Waals surface area contributed by atoms with E-state index >= 15 is 0 Å². The van der Waals surface area contributed by atoms with Crippen LogP contribution in [0.2, 0.25) is 0 Å². The molecule has 0 heterocycles. The molecule has 0 radical (unpaired) electrons. The molecule has 0 amide bonds. The van der Waals surface area contributed by atoms with Crippen molar-refractivity contribution < 1.29 is 83.5 Å². The molecule has 0 bridgehead atoms. The van der Waals surface area contributed by atoms with Gasteiger partial charge in [0, 0.05) is 7.11 Å². The second kappa shape index (κ2) is 7.48. The van der Waals surface area contributed by atoms with Crippen molar-refractivity contribution in [3.05, 3.63) is 0 Å². The van der Waals surface area contributed by atoms with Crippen LogP contribution in [-0.4, -0.2) is 19.7 Å². The predicted molar refractivity (Wildman–Crippen MR) is 16.9 cm³/mol. The maximum atomic E-state index is 9.36. The SMILES string of the molecule is COCC(=O)[O-].[Cs+]. The first kappa shape index (κ1) is 11.3. The third kappa shape index (κ3) is 11.2. The summed E-state index contributed by atoms with van der Waals surface area (Å²) in [4.78, 5) is 9.36. The summed E-state index contributed by atoms with van der Waals surface area (Å²) in [5, 5.41) is 9.36. The number of carbonyl (C=O) groups is 1. The average molecular weight is 222 g/mol. The fourth-order valence-electron chi connectivity index (χ4n) is 0.118. The number of hydrogen-bond acceptors (Lipinski definition) is 3. The molecule has 7 heavy (non-hydrogen) atoms. The average Bonchev–Trinajstić information content (AvgIpc) is 1.35. The van der Waals surface area contributed by atoms with Crippen molar-refractivity contribution in [2.75, 3.05) is 13.7 Å². The smallest absolute Gasteiger partial charge is 0.548 e. The fraction of sp³-hybridized carbons (Fsp3) is 0.667. The zero-order valence-electron chi connectivity index (χ0n) is 4.43. The van der Waals surface area contributed by atoms with Crippen molar-refractivity contribution in [1.82, 2.24) is 0 Å². The van der Waals surface area contributed by atoms with Crippen LogP contribution in [0.5, 0.6) is 0 Å². The van der Waals surface area contributed by atoms with Crippen LogP contribution in [0, 0.1) is 0 Å². The minimum atomic E-state index is -1.18. The summed E-state index contributed by atoms with van der Waals surface area (Å²) >= 11 is 0. The van der Waals surface area contributed by atoms with Crippen LogP contribution >= 0.6 is 0 Å². The number of carboxylic acids is 1. The summed E-state index contributed by atoms with van der Waals surface area (Å²) in [6, 6.07) is 0. The maximum Gasteiger partial charge on any atom is 1.00 e. The first-order chi connectivity index (χ1) is 2.77. The Balaban J connectivity index is 0. The minimum Gasteiger partial charge on any atom is -0.548 e. The zero-order valence-corrected chi connectivity index (χ0v) is 10.7. The molecule has 36 valence electrons. The summed E-state index contributed by atoms with van der Waals surface area (Å²) in [5.41, 5.74) is 0. The summed E-state index contributed by atoms with van der Waals surface area (Å²) in [6.07, 6.45) is 0. The van der Waals surface area contributed by atoms with Crippen LogP contribution in [0.4, 0.5) is 0 Å². The number of ether oxygens (including phenoxy) is 1. The van der Waals surface area contributed by atoms with Crippen molar-refractivity contribution in [3.8, 4) is 0 Å². The molecular formula is C3H5CsO3. The summed E-state index contributed by atoms with van der Waals surface area (Å²) in [5.74, 6) is -1.18. The molecule has 0 aromatic heterocycles. The maximum absolute atomic E-state index is 9.36. The number of aliphatic carboxylic acids is 1. The topological polar surface area (TPSA) is 49.4 Å². The summed E-state index contributed by atoms with van der Waals surface area (Å²) in [6.45, 7) is -0.319. The van der Waals surface area contributed by atoms with Crippen molar-refractivity contribution in [2.24, 2.45) is 0 Å². The molecule has 0 rings (SSSR count). The van der Waals surface area contributed by atoms with Gasteiger partial charge in [-0.3, -0.25) is 0 Å². The Labute approximate surface area is 101 Å². The molecule has 0 aromatic rings. The Hall–Kier alpha value is 1.48. The number of rotatable bonds is 2. The van der Waals surface area contributed by atoms with Gasteiger partial charge in [0.25, 0.3) is 0 Å². The van der Waals surface area contributed by atoms with Gasteiger partial charge in [0.1, 0.15) is 0 Å². The normalized spacial score (nSPS) is 7.00. The van der Waals surface area contributed by atoms with Gasteiger partial charge in [-0.25, -0.2) is 0 Å². The monoisotopic (exact) mass is 222 g/mol. The molecule has 0 fully saturated rings. The minimum absolute atomic E-state index is 0. The Bertz CT molecular complexity index is 54.1. The molecular weight excluding hydrogens is 217 g/mol. The van der Waals surface area contributed by atoms with E-state index in [1.807, 2.05) is 0 Å². The Morgan fingerprint density at radius 3 is 2.29 bits per heavy atom. The van der Waals surface area contributed by atoms with Gasteiger partial charge in [-0.05, 0) is 0 Å². The predicted octanol–water partition coefficient (Wildman–Crippen LogP) is -4.61. The number of hydrogen-bond donors (Lipinski definition) is 0. The molecule has 0 unspecified atom stereocenters. The summed E-state index contributed by atoms with van der Waals surface area (Å²) in [7, 11) is 1.30. The Morgan fingerprint density at radius 2 is 2.29 bits per heavy atom. The molecule has 0 saturated carbocycles. The molecule has 0 atom stereocenters. The van der Waals surface area contributed by atoms with Crippen molar-refractivity contribution in [1.29, 1.82) is 0 Å². The van der Waals surface area contributed by atoms with E-state index in [4.69, 9.17) is 0 Å². The number of carbonyl (C=O) groups excluding carboxylic acids is 1. The Morgan fingerprint density at radius 1 is 1.86 bits per heavy atom. The van der Waals surface area contributed by atoms with Crippen LogP contribution in [0.3, 0.4) is 0 Å². The molecule has 3 nitrogen and oxygen atoms in total. The van der Waals surface area contributed by atoms with Gasteiger partial charge >= 0.3 is 68.9 Å². The molecule has 0 aliphatic carbocycles. The van der Waals surface area contributed by atoms with Crippen LogP contribution < -0.4 is 74.0 Å². The van der Waals surface area contributed by atoms with E-state index in [2.05, 4.69) is 4.74 Å². The second-order valence-corrected chi connectivity index (χ2v) is 0.805. The van der Waals surface area contributed by atoms with E-state index in [9.17, 15) is 9.90 Å². The van der Waals surface area contributed by atoms with E-state index in [0.717, 1.165) is 0 Å². The van der Waals surface area contributed by atoms with E-state index in [1.54, 1.807) is 0 Å². The quantitative estimate of drug-likeness (QED) is 0.472. The van der Waals surface area contributed by atoms with E-state index < -0.39 is 5.97 Å². The van der Waals surface area contributed by atoms with Crippen molar-refractivity contribution >= 4 is 5.97 Å². The largest absolute Gasteiger partial charge is 1.00 e. The standard InChI is InChI=1S/C3H6O3.Cs/c1-6-2-3(4)5;/h2H2,1H3,(H,4,5);/q;+1/p-1. The molecule has 0 spiro atoms. The van der Waals surface area contributed by atoms with Gasteiger partial charge in [0.05, 0.1) is 12.6 Å². The van der Waals surface area contributed by atoms with Gasteiger partial charge in [0.2, 0.25) is 0 Å². The van der Waals surface area contributed by atoms with Gasteiger partial charge in [-0.15, -0.1) is 0 Å². The zero-order chi connectivity index (χ0) is 4.99. The van der Waals surface area contributed by atoms with E-state index in [0.29, 0.717) is 0 Å². The van der Waals surface area contributed by atoms with Crippen molar-refractivity contribution in [3.63, 3.8) is 0 Å². The number of methoxy groups -OCH3 is 1. The van der Waals surface area contributed by atoms with Gasteiger partial charge < -0.3 is 14.6 Å². The first-order valence-corrected chi connectivity index (χ1v) is 1.46. The molecule has 0 aliphatic rings. The third-order valence-corrected chi connectivity index (χ3v) is 0.262. The summed E-state index contributed by atoms with van der Waals surface area (Å²) < 4.78 is 4.14. The second-order valence-electron chi connectivity index (χ2n) is 0.805. The number of carboxylic acid groups (broad SMARTS) is 1. The van der Waals surface area contributed by atoms with E-state index in [-0.39, 0.29) is 75.5 Å². The van der Waals surface area contributed by atoms with Crippen LogP contribution in [-0.2, 0) is 9.53 Å². The van der Waals surface area contributed by atoms with Gasteiger partial charge in [-0.2, -0.15) is 0 Å².